The lowest BCUT2D eigenvalue weighted by Gasteiger charge is -2.05. The molecule has 3 N–H and O–H groups in total. The molecule has 2 aromatic rings. The van der Waals surface area contributed by atoms with Crippen LogP contribution in [0.3, 0.4) is 0 Å². The lowest BCUT2D eigenvalue weighted by Crippen LogP contribution is -2.01. The van der Waals surface area contributed by atoms with Crippen molar-refractivity contribution in [1.82, 2.24) is 9.36 Å². The highest BCUT2D eigenvalue weighted by Gasteiger charge is 2.12. The molecule has 2 rings (SSSR count). The van der Waals surface area contributed by atoms with Crippen molar-refractivity contribution in [1.29, 1.82) is 0 Å². The summed E-state index contributed by atoms with van der Waals surface area (Å²) < 4.78 is 9.51. The average Bonchev–Trinajstić information content (AvgIpc) is 2.86. The quantitative estimate of drug-likeness (QED) is 0.873. The summed E-state index contributed by atoms with van der Waals surface area (Å²) in [7, 11) is 0. The number of anilines is 2. The summed E-state index contributed by atoms with van der Waals surface area (Å²) >= 11 is 2.94. The van der Waals surface area contributed by atoms with E-state index in [0.717, 1.165) is 15.7 Å². The van der Waals surface area contributed by atoms with Crippen molar-refractivity contribution in [3.8, 4) is 5.75 Å². The van der Waals surface area contributed by atoms with Crippen molar-refractivity contribution in [2.24, 2.45) is 0 Å². The van der Waals surface area contributed by atoms with Gasteiger partial charge in [0.2, 0.25) is 0 Å². The summed E-state index contributed by atoms with van der Waals surface area (Å²) in [5.41, 5.74) is 6.76. The highest BCUT2D eigenvalue weighted by molar-refractivity contribution is 7.11. The summed E-state index contributed by atoms with van der Waals surface area (Å²) in [5.74, 6) is 1.08. The van der Waals surface area contributed by atoms with E-state index in [1.165, 1.54) is 11.5 Å². The van der Waals surface area contributed by atoms with E-state index in [1.807, 2.05) is 19.2 Å². The van der Waals surface area contributed by atoms with Gasteiger partial charge in [0.15, 0.2) is 16.6 Å². The van der Waals surface area contributed by atoms with Crippen LogP contribution in [0.25, 0.3) is 0 Å². The Morgan fingerprint density at radius 1 is 1.53 bits per heavy atom. The second-order valence-corrected chi connectivity index (χ2v) is 5.11. The molecule has 0 aromatic carbocycles. The first-order chi connectivity index (χ1) is 8.20. The fourth-order valence-corrected chi connectivity index (χ4v) is 2.70. The zero-order valence-corrected chi connectivity index (χ0v) is 11.3. The number of aryl methyl sites for hydroxylation is 1. The summed E-state index contributed by atoms with van der Waals surface area (Å²) in [6.45, 7) is 5.15. The third kappa shape index (κ3) is 2.86. The summed E-state index contributed by atoms with van der Waals surface area (Å²) in [4.78, 5) is 4.38. The van der Waals surface area contributed by atoms with Crippen LogP contribution in [-0.4, -0.2) is 16.0 Å². The van der Waals surface area contributed by atoms with E-state index in [2.05, 4.69) is 14.7 Å². The number of nitrogen functional groups attached to an aromatic ring is 1. The van der Waals surface area contributed by atoms with Crippen molar-refractivity contribution in [2.45, 2.75) is 20.4 Å². The lowest BCUT2D eigenvalue weighted by molar-refractivity contribution is 0.344. The minimum absolute atomic E-state index is 0.440. The topological polar surface area (TPSA) is 73.1 Å². The Hall–Kier alpha value is -1.34. The molecular weight excluding hydrogens is 256 g/mol. The van der Waals surface area contributed by atoms with Gasteiger partial charge in [0.25, 0.3) is 0 Å². The van der Waals surface area contributed by atoms with E-state index < -0.39 is 0 Å². The van der Waals surface area contributed by atoms with Gasteiger partial charge in [0.05, 0.1) is 13.2 Å². The molecule has 2 aromatic heterocycles. The zero-order chi connectivity index (χ0) is 12.3. The number of aromatic nitrogens is 2. The Kier molecular flexibility index (Phi) is 3.80. The maximum atomic E-state index is 5.72. The number of ether oxygens (including phenoxy) is 1. The minimum atomic E-state index is 0.440. The first-order valence-corrected chi connectivity index (χ1v) is 6.88. The number of hydrogen-bond donors (Lipinski definition) is 2. The van der Waals surface area contributed by atoms with Crippen molar-refractivity contribution in [2.75, 3.05) is 17.7 Å². The molecular formula is C10H14N4OS2. The molecule has 0 atom stereocenters. The van der Waals surface area contributed by atoms with Gasteiger partial charge in [-0.25, -0.2) is 4.98 Å². The van der Waals surface area contributed by atoms with Crippen LogP contribution in [0.4, 0.5) is 10.8 Å². The first-order valence-electron chi connectivity index (χ1n) is 5.23. The van der Waals surface area contributed by atoms with Crippen molar-refractivity contribution >= 4 is 33.7 Å². The van der Waals surface area contributed by atoms with E-state index in [-0.39, 0.29) is 0 Å². The molecule has 2 heterocycles. The van der Waals surface area contributed by atoms with Crippen LogP contribution in [0.5, 0.6) is 5.75 Å². The second-order valence-electron chi connectivity index (χ2n) is 3.40. The summed E-state index contributed by atoms with van der Waals surface area (Å²) in [6.07, 6.45) is 0. The standard InChI is InChI=1S/C10H14N4OS2/c1-3-15-8-9(11)14-17-10(8)12-4-7-13-6(2)5-16-7/h5,12H,3-4H2,1-2H3,(H2,11,14). The first kappa shape index (κ1) is 12.1. The molecule has 0 saturated carbocycles. The smallest absolute Gasteiger partial charge is 0.197 e. The molecule has 5 nitrogen and oxygen atoms in total. The molecule has 0 radical (unpaired) electrons. The Labute approximate surface area is 108 Å². The van der Waals surface area contributed by atoms with Gasteiger partial charge in [-0.3, -0.25) is 0 Å². The third-order valence-electron chi connectivity index (χ3n) is 2.03. The minimum Gasteiger partial charge on any atom is -0.487 e. The number of nitrogens with one attached hydrogen (secondary N) is 1. The average molecular weight is 270 g/mol. The molecule has 17 heavy (non-hydrogen) atoms. The van der Waals surface area contributed by atoms with Gasteiger partial charge in [-0.15, -0.1) is 11.3 Å². The number of thiazole rings is 1. The van der Waals surface area contributed by atoms with E-state index in [4.69, 9.17) is 10.5 Å². The molecule has 0 spiro atoms. The Balaban J connectivity index is 2.03. The molecule has 0 bridgehead atoms. The highest BCUT2D eigenvalue weighted by Crippen LogP contribution is 2.35. The second kappa shape index (κ2) is 5.33. The molecule has 0 aliphatic carbocycles. The van der Waals surface area contributed by atoms with Gasteiger partial charge in [0.1, 0.15) is 5.01 Å². The van der Waals surface area contributed by atoms with Gasteiger partial charge in [-0.2, -0.15) is 4.37 Å². The van der Waals surface area contributed by atoms with Crippen LogP contribution < -0.4 is 15.8 Å². The van der Waals surface area contributed by atoms with Gasteiger partial charge < -0.3 is 15.8 Å². The summed E-state index contributed by atoms with van der Waals surface area (Å²) in [5, 5.41) is 7.17. The zero-order valence-electron chi connectivity index (χ0n) is 9.69. The van der Waals surface area contributed by atoms with Crippen LogP contribution in [0.2, 0.25) is 0 Å². The molecule has 0 aliphatic heterocycles. The number of nitrogens with two attached hydrogens (primary N) is 1. The largest absolute Gasteiger partial charge is 0.487 e. The van der Waals surface area contributed by atoms with E-state index in [9.17, 15) is 0 Å². The van der Waals surface area contributed by atoms with Gasteiger partial charge >= 0.3 is 0 Å². The van der Waals surface area contributed by atoms with E-state index >= 15 is 0 Å². The predicted octanol–water partition coefficient (Wildman–Crippen LogP) is 2.50. The lowest BCUT2D eigenvalue weighted by atomic mass is 10.5. The SMILES string of the molecule is CCOc1c(N)nsc1NCc1nc(C)cs1. The van der Waals surface area contributed by atoms with Crippen molar-refractivity contribution in [3.05, 3.63) is 16.1 Å². The maximum Gasteiger partial charge on any atom is 0.197 e. The molecule has 92 valence electrons. The molecule has 0 aliphatic rings. The summed E-state index contributed by atoms with van der Waals surface area (Å²) in [6, 6.07) is 0. The Morgan fingerprint density at radius 2 is 2.35 bits per heavy atom. The maximum absolute atomic E-state index is 5.72. The molecule has 0 fully saturated rings. The molecule has 7 heteroatoms. The van der Waals surface area contributed by atoms with Crippen LogP contribution in [-0.2, 0) is 6.54 Å². The fourth-order valence-electron chi connectivity index (χ4n) is 1.33. The van der Waals surface area contributed by atoms with Gasteiger partial charge in [-0.1, -0.05) is 0 Å². The number of rotatable bonds is 5. The van der Waals surface area contributed by atoms with E-state index in [0.29, 0.717) is 24.7 Å². The Morgan fingerprint density at radius 3 is 3.00 bits per heavy atom. The normalized spacial score (nSPS) is 10.5. The monoisotopic (exact) mass is 270 g/mol. The Bertz CT molecular complexity index is 494. The van der Waals surface area contributed by atoms with Crippen LogP contribution >= 0.6 is 22.9 Å². The highest BCUT2D eigenvalue weighted by atomic mass is 32.1. The van der Waals surface area contributed by atoms with Gasteiger partial charge in [-0.05, 0) is 25.4 Å². The van der Waals surface area contributed by atoms with E-state index in [1.54, 1.807) is 11.3 Å². The van der Waals surface area contributed by atoms with Crippen LogP contribution in [0.15, 0.2) is 5.38 Å². The van der Waals surface area contributed by atoms with Crippen molar-refractivity contribution in [3.63, 3.8) is 0 Å². The van der Waals surface area contributed by atoms with Crippen molar-refractivity contribution < 1.29 is 4.74 Å². The predicted molar refractivity (Wildman–Crippen MR) is 71.9 cm³/mol. The molecule has 0 amide bonds. The third-order valence-corrected chi connectivity index (χ3v) is 3.80. The molecule has 0 unspecified atom stereocenters. The van der Waals surface area contributed by atoms with Crippen LogP contribution in [0, 0.1) is 6.92 Å². The molecule has 0 saturated heterocycles. The number of hydrogen-bond acceptors (Lipinski definition) is 7. The van der Waals surface area contributed by atoms with Crippen LogP contribution in [0.1, 0.15) is 17.6 Å². The number of nitrogens with zero attached hydrogens (tertiary/aromatic N) is 2. The fraction of sp³-hybridized carbons (Fsp3) is 0.400. The van der Waals surface area contributed by atoms with Gasteiger partial charge in [0, 0.05) is 11.1 Å².